The van der Waals surface area contributed by atoms with Gasteiger partial charge in [-0.3, -0.25) is 9.10 Å². The molecule has 0 spiro atoms. The van der Waals surface area contributed by atoms with Gasteiger partial charge < -0.3 is 0 Å². The minimum Gasteiger partial charge on any atom is -0.271 e. The van der Waals surface area contributed by atoms with Crippen LogP contribution in [0.5, 0.6) is 0 Å². The standard InChI is InChI=1S/C17H21N3O3S2/c1-12-7-5-8-13(2)17(12)20(25(4,22)23)11-16(21)19-18-14(3)15-9-6-10-24-15/h5-10H,11H2,1-4H3,(H,19,21)/b18-14-. The molecule has 134 valence electrons. The van der Waals surface area contributed by atoms with Crippen LogP contribution in [0, 0.1) is 13.8 Å². The quantitative estimate of drug-likeness (QED) is 0.619. The van der Waals surface area contributed by atoms with Gasteiger partial charge >= 0.3 is 0 Å². The van der Waals surface area contributed by atoms with E-state index < -0.39 is 15.9 Å². The maximum atomic E-state index is 12.2. The van der Waals surface area contributed by atoms with Crippen LogP contribution in [0.15, 0.2) is 40.8 Å². The Labute approximate surface area is 152 Å². The van der Waals surface area contributed by atoms with Crippen LogP contribution >= 0.6 is 11.3 Å². The van der Waals surface area contributed by atoms with Crippen molar-refractivity contribution in [1.82, 2.24) is 5.43 Å². The number of aryl methyl sites for hydroxylation is 2. The van der Waals surface area contributed by atoms with Crippen LogP contribution in [0.4, 0.5) is 5.69 Å². The number of benzene rings is 1. The second kappa shape index (κ2) is 7.79. The van der Waals surface area contributed by atoms with Crippen LogP contribution in [0.2, 0.25) is 0 Å². The lowest BCUT2D eigenvalue weighted by Crippen LogP contribution is -2.39. The number of carbonyl (C=O) groups excluding carboxylic acids is 1. The zero-order chi connectivity index (χ0) is 18.6. The first-order chi connectivity index (χ1) is 11.7. The van der Waals surface area contributed by atoms with Crippen molar-refractivity contribution in [3.8, 4) is 0 Å². The van der Waals surface area contributed by atoms with Gasteiger partial charge in [0.25, 0.3) is 5.91 Å². The van der Waals surface area contributed by atoms with Gasteiger partial charge in [0.05, 0.1) is 17.7 Å². The normalized spacial score (nSPS) is 12.1. The van der Waals surface area contributed by atoms with Crippen molar-refractivity contribution in [2.24, 2.45) is 5.10 Å². The molecule has 6 nitrogen and oxygen atoms in total. The molecule has 1 aromatic heterocycles. The lowest BCUT2D eigenvalue weighted by Gasteiger charge is -2.25. The zero-order valence-corrected chi connectivity index (χ0v) is 16.2. The monoisotopic (exact) mass is 379 g/mol. The maximum Gasteiger partial charge on any atom is 0.260 e. The number of hydrazone groups is 1. The van der Waals surface area contributed by atoms with Crippen LogP contribution in [0.25, 0.3) is 0 Å². The molecule has 1 amide bonds. The van der Waals surface area contributed by atoms with Crippen molar-refractivity contribution in [2.45, 2.75) is 20.8 Å². The van der Waals surface area contributed by atoms with E-state index in [1.807, 2.05) is 49.6 Å². The third-order valence-electron chi connectivity index (χ3n) is 3.60. The Hall–Kier alpha value is -2.19. The predicted octanol–water partition coefficient (Wildman–Crippen LogP) is 2.67. The van der Waals surface area contributed by atoms with Gasteiger partial charge in [-0.2, -0.15) is 5.10 Å². The Kier molecular flexibility index (Phi) is 5.97. The Morgan fingerprint density at radius 3 is 2.36 bits per heavy atom. The summed E-state index contributed by atoms with van der Waals surface area (Å²) in [5, 5.41) is 5.97. The first kappa shape index (κ1) is 19.1. The summed E-state index contributed by atoms with van der Waals surface area (Å²) in [6.07, 6.45) is 1.09. The second-order valence-electron chi connectivity index (χ2n) is 5.72. The molecule has 0 aliphatic heterocycles. The summed E-state index contributed by atoms with van der Waals surface area (Å²) in [6, 6.07) is 9.28. The van der Waals surface area contributed by atoms with Gasteiger partial charge in [-0.05, 0) is 43.3 Å². The maximum absolute atomic E-state index is 12.2. The number of carbonyl (C=O) groups is 1. The number of nitrogens with one attached hydrogen (secondary N) is 1. The SMILES string of the molecule is C/C(=N/NC(=O)CN(c1c(C)cccc1C)S(C)(=O)=O)c1cccs1. The van der Waals surface area contributed by atoms with E-state index in [0.29, 0.717) is 11.4 Å². The number of sulfonamides is 1. The molecule has 0 atom stereocenters. The van der Waals surface area contributed by atoms with Gasteiger partial charge in [-0.15, -0.1) is 11.3 Å². The fourth-order valence-corrected chi connectivity index (χ4v) is 4.06. The lowest BCUT2D eigenvalue weighted by atomic mass is 10.1. The number of nitrogens with zero attached hydrogens (tertiary/aromatic N) is 2. The summed E-state index contributed by atoms with van der Waals surface area (Å²) < 4.78 is 25.5. The van der Waals surface area contributed by atoms with Gasteiger partial charge in [0.2, 0.25) is 10.0 Å². The molecular weight excluding hydrogens is 358 g/mol. The van der Waals surface area contributed by atoms with Crippen LogP contribution in [0.3, 0.4) is 0 Å². The molecule has 0 radical (unpaired) electrons. The molecule has 1 heterocycles. The highest BCUT2D eigenvalue weighted by Gasteiger charge is 2.23. The number of para-hydroxylation sites is 1. The van der Waals surface area contributed by atoms with E-state index in [-0.39, 0.29) is 6.54 Å². The average Bonchev–Trinajstić information content (AvgIpc) is 3.05. The van der Waals surface area contributed by atoms with E-state index >= 15 is 0 Å². The number of rotatable bonds is 6. The first-order valence-electron chi connectivity index (χ1n) is 7.61. The minimum atomic E-state index is -3.61. The minimum absolute atomic E-state index is 0.328. The van der Waals surface area contributed by atoms with Gasteiger partial charge in [-0.25, -0.2) is 13.8 Å². The first-order valence-corrected chi connectivity index (χ1v) is 10.3. The van der Waals surface area contributed by atoms with Gasteiger partial charge in [0.1, 0.15) is 6.54 Å². The molecular formula is C17H21N3O3S2. The molecule has 25 heavy (non-hydrogen) atoms. The third kappa shape index (κ3) is 4.90. The van der Waals surface area contributed by atoms with E-state index in [1.54, 1.807) is 6.92 Å². The molecule has 0 saturated heterocycles. The zero-order valence-electron chi connectivity index (χ0n) is 14.6. The molecule has 0 bridgehead atoms. The molecule has 0 unspecified atom stereocenters. The fraction of sp³-hybridized carbons (Fsp3) is 0.294. The Morgan fingerprint density at radius 1 is 1.20 bits per heavy atom. The number of hydrogen-bond acceptors (Lipinski definition) is 5. The van der Waals surface area contributed by atoms with Gasteiger partial charge in [-0.1, -0.05) is 24.3 Å². The highest BCUT2D eigenvalue weighted by atomic mass is 32.2. The molecule has 1 aromatic carbocycles. The lowest BCUT2D eigenvalue weighted by molar-refractivity contribution is -0.119. The smallest absolute Gasteiger partial charge is 0.260 e. The highest BCUT2D eigenvalue weighted by molar-refractivity contribution is 7.92. The van der Waals surface area contributed by atoms with Crippen molar-refractivity contribution < 1.29 is 13.2 Å². The molecule has 0 saturated carbocycles. The van der Waals surface area contributed by atoms with E-state index in [2.05, 4.69) is 10.5 Å². The highest BCUT2D eigenvalue weighted by Crippen LogP contribution is 2.26. The number of amides is 1. The van der Waals surface area contributed by atoms with Crippen molar-refractivity contribution in [1.29, 1.82) is 0 Å². The number of thiophene rings is 1. The summed E-state index contributed by atoms with van der Waals surface area (Å²) in [4.78, 5) is 13.2. The Balaban J connectivity index is 2.21. The largest absolute Gasteiger partial charge is 0.271 e. The van der Waals surface area contributed by atoms with Crippen molar-refractivity contribution in [2.75, 3.05) is 17.1 Å². The second-order valence-corrected chi connectivity index (χ2v) is 8.57. The van der Waals surface area contributed by atoms with Crippen LogP contribution in [0.1, 0.15) is 22.9 Å². The van der Waals surface area contributed by atoms with Crippen LogP contribution < -0.4 is 9.73 Å². The summed E-state index contributed by atoms with van der Waals surface area (Å²) in [6.45, 7) is 5.09. The van der Waals surface area contributed by atoms with Crippen LogP contribution in [-0.4, -0.2) is 32.8 Å². The Bertz CT molecular complexity index is 868. The molecule has 0 aliphatic carbocycles. The van der Waals surface area contributed by atoms with Crippen molar-refractivity contribution in [3.05, 3.63) is 51.7 Å². The van der Waals surface area contributed by atoms with Gasteiger partial charge in [0, 0.05) is 4.88 Å². The van der Waals surface area contributed by atoms with E-state index in [9.17, 15) is 13.2 Å². The van der Waals surface area contributed by atoms with Crippen molar-refractivity contribution >= 4 is 38.7 Å². The fourth-order valence-electron chi connectivity index (χ4n) is 2.41. The molecule has 8 heteroatoms. The summed E-state index contributed by atoms with van der Waals surface area (Å²) in [5.41, 5.74) is 5.20. The van der Waals surface area contributed by atoms with E-state index in [1.165, 1.54) is 11.3 Å². The van der Waals surface area contributed by atoms with E-state index in [4.69, 9.17) is 0 Å². The topological polar surface area (TPSA) is 78.8 Å². The predicted molar refractivity (Wildman–Crippen MR) is 103 cm³/mol. The number of anilines is 1. The molecule has 0 fully saturated rings. The van der Waals surface area contributed by atoms with Crippen LogP contribution in [-0.2, 0) is 14.8 Å². The molecule has 2 rings (SSSR count). The Morgan fingerprint density at radius 2 is 1.84 bits per heavy atom. The summed E-state index contributed by atoms with van der Waals surface area (Å²) in [5.74, 6) is -0.496. The van der Waals surface area contributed by atoms with E-state index in [0.717, 1.165) is 26.6 Å². The average molecular weight is 380 g/mol. The van der Waals surface area contributed by atoms with Gasteiger partial charge in [0.15, 0.2) is 0 Å². The summed E-state index contributed by atoms with van der Waals surface area (Å²) in [7, 11) is -3.61. The molecule has 2 aromatic rings. The summed E-state index contributed by atoms with van der Waals surface area (Å²) >= 11 is 1.51. The molecule has 1 N–H and O–H groups in total. The third-order valence-corrected chi connectivity index (χ3v) is 5.69. The number of hydrogen-bond donors (Lipinski definition) is 1. The van der Waals surface area contributed by atoms with Crippen molar-refractivity contribution in [3.63, 3.8) is 0 Å². The molecule has 0 aliphatic rings.